The van der Waals surface area contributed by atoms with Crippen LogP contribution in [-0.4, -0.2) is 40.4 Å². The molecule has 4 aliphatic heterocycles. The number of aromatic nitrogens is 1. The van der Waals surface area contributed by atoms with Gasteiger partial charge in [-0.05, 0) is 58.7 Å². The summed E-state index contributed by atoms with van der Waals surface area (Å²) in [6.07, 6.45) is 7.40. The van der Waals surface area contributed by atoms with Crippen LogP contribution in [0.1, 0.15) is 22.3 Å². The standard InChI is InChI=1S/C45H32N4O2/c1-51-45-43-41(31-20-12-5-13-21-31)37-27-25-35(48-37)39(29-16-8-3-9-17-29)33-23-22-32(46-33)38(28-14-6-2-7-15-28)34-24-26-36(47-34)40(42(49-43)44(45)50)30-18-10-4-11-19-30/h2-27,45,47,50H,1H3. The first-order chi connectivity index (χ1) is 25.2. The molecule has 8 bridgehead atoms. The summed E-state index contributed by atoms with van der Waals surface area (Å²) in [6.45, 7) is 0. The molecule has 0 fully saturated rings. The van der Waals surface area contributed by atoms with Crippen molar-refractivity contribution in [2.45, 2.75) is 6.10 Å². The number of aliphatic imine (C=N–C) groups is 3. The van der Waals surface area contributed by atoms with Crippen molar-refractivity contribution in [1.82, 2.24) is 4.98 Å². The number of fused-ring (bicyclic) bond motifs is 5. The number of aliphatic hydroxyl groups is 1. The van der Waals surface area contributed by atoms with E-state index in [0.29, 0.717) is 11.4 Å². The largest absolute Gasteiger partial charge is 0.507 e. The molecule has 0 saturated heterocycles. The zero-order valence-corrected chi connectivity index (χ0v) is 27.8. The summed E-state index contributed by atoms with van der Waals surface area (Å²) in [5, 5.41) is 13.8. The molecule has 1 atom stereocenters. The summed E-state index contributed by atoms with van der Waals surface area (Å²) in [5.41, 5.74) is 11.5. The van der Waals surface area contributed by atoms with E-state index in [1.165, 1.54) is 0 Å². The summed E-state index contributed by atoms with van der Waals surface area (Å²) < 4.78 is 6.06. The molecule has 1 aromatic heterocycles. The van der Waals surface area contributed by atoms with Crippen molar-refractivity contribution in [3.8, 4) is 0 Å². The van der Waals surface area contributed by atoms with Gasteiger partial charge in [-0.15, -0.1) is 0 Å². The molecule has 4 aromatic carbocycles. The normalized spacial score (nSPS) is 18.1. The highest BCUT2D eigenvalue weighted by Gasteiger charge is 2.36. The number of aliphatic hydroxyl groups excluding tert-OH is 1. The van der Waals surface area contributed by atoms with E-state index in [4.69, 9.17) is 19.7 Å². The summed E-state index contributed by atoms with van der Waals surface area (Å²) in [5.74, 6) is 0.0396. The van der Waals surface area contributed by atoms with Gasteiger partial charge in [0.2, 0.25) is 0 Å². The second-order valence-electron chi connectivity index (χ2n) is 12.5. The Hall–Kier alpha value is -6.63. The smallest absolute Gasteiger partial charge is 0.159 e. The van der Waals surface area contributed by atoms with E-state index in [1.807, 2.05) is 115 Å². The lowest BCUT2D eigenvalue weighted by atomic mass is 9.95. The van der Waals surface area contributed by atoms with E-state index < -0.39 is 6.10 Å². The van der Waals surface area contributed by atoms with Crippen LogP contribution in [-0.2, 0) is 4.74 Å². The van der Waals surface area contributed by atoms with Crippen molar-refractivity contribution in [3.63, 3.8) is 0 Å². The van der Waals surface area contributed by atoms with Crippen LogP contribution in [0.5, 0.6) is 0 Å². The summed E-state index contributed by atoms with van der Waals surface area (Å²) in [6, 6.07) is 44.8. The van der Waals surface area contributed by atoms with Crippen LogP contribution in [0.2, 0.25) is 0 Å². The molecular weight excluding hydrogens is 629 g/mol. The molecule has 6 nitrogen and oxygen atoms in total. The minimum Gasteiger partial charge on any atom is -0.507 e. The lowest BCUT2D eigenvalue weighted by molar-refractivity contribution is 0.144. The van der Waals surface area contributed by atoms with E-state index in [1.54, 1.807) is 7.11 Å². The minimum absolute atomic E-state index is 0.0396. The fourth-order valence-corrected chi connectivity index (χ4v) is 7.19. The summed E-state index contributed by atoms with van der Waals surface area (Å²) in [4.78, 5) is 19.6. The van der Waals surface area contributed by atoms with E-state index in [0.717, 1.165) is 78.1 Å². The van der Waals surface area contributed by atoms with Gasteiger partial charge >= 0.3 is 0 Å². The van der Waals surface area contributed by atoms with E-state index >= 15 is 0 Å². The van der Waals surface area contributed by atoms with Crippen molar-refractivity contribution in [2.75, 3.05) is 7.11 Å². The molecule has 6 heteroatoms. The molecule has 1 unspecified atom stereocenters. The number of aromatic amines is 1. The Kier molecular flexibility index (Phi) is 7.56. The van der Waals surface area contributed by atoms with Crippen LogP contribution in [0, 0.1) is 0 Å². The van der Waals surface area contributed by atoms with Crippen molar-refractivity contribution in [1.29, 1.82) is 0 Å². The first-order valence-electron chi connectivity index (χ1n) is 16.9. The zero-order chi connectivity index (χ0) is 34.3. The lowest BCUT2D eigenvalue weighted by Gasteiger charge is -2.17. The third-order valence-electron chi connectivity index (χ3n) is 9.48. The lowest BCUT2D eigenvalue weighted by Crippen LogP contribution is -2.24. The molecule has 5 heterocycles. The number of H-pyrrole nitrogens is 1. The SMILES string of the molecule is COC1C2=NC(=C1O)C(c1ccccc1)=c1ccc([nH]1)=C(c1ccccc1)C1=NC(=C(c3ccccc3)C3=NC(=C2c2ccccc2)C=C3)C=C1. The van der Waals surface area contributed by atoms with Crippen LogP contribution in [0.25, 0.3) is 22.3 Å². The number of nitrogens with one attached hydrogen (secondary N) is 1. The Bertz CT molecular complexity index is 2580. The van der Waals surface area contributed by atoms with Crippen LogP contribution < -0.4 is 10.7 Å². The van der Waals surface area contributed by atoms with Gasteiger partial charge in [0.05, 0.1) is 28.5 Å². The minimum atomic E-state index is -0.818. The van der Waals surface area contributed by atoms with Gasteiger partial charge in [-0.25, -0.2) is 15.0 Å². The molecule has 9 rings (SSSR count). The van der Waals surface area contributed by atoms with Crippen molar-refractivity contribution >= 4 is 39.4 Å². The van der Waals surface area contributed by atoms with Crippen LogP contribution in [0.15, 0.2) is 196 Å². The number of hydrogen-bond acceptors (Lipinski definition) is 5. The van der Waals surface area contributed by atoms with E-state index in [9.17, 15) is 5.11 Å². The number of rotatable bonds is 5. The highest BCUT2D eigenvalue weighted by atomic mass is 16.5. The zero-order valence-electron chi connectivity index (χ0n) is 27.8. The maximum Gasteiger partial charge on any atom is 0.159 e. The van der Waals surface area contributed by atoms with E-state index in [2.05, 4.69) is 47.5 Å². The second kappa shape index (κ2) is 12.7. The average Bonchev–Trinajstić information content (AvgIpc) is 4.01. The van der Waals surface area contributed by atoms with Crippen molar-refractivity contribution < 1.29 is 9.84 Å². The van der Waals surface area contributed by atoms with Gasteiger partial charge in [-0.2, -0.15) is 0 Å². The molecule has 0 radical (unpaired) electrons. The van der Waals surface area contributed by atoms with Crippen LogP contribution in [0.3, 0.4) is 0 Å². The highest BCUT2D eigenvalue weighted by molar-refractivity contribution is 6.36. The summed E-state index contributed by atoms with van der Waals surface area (Å²) in [7, 11) is 1.60. The number of methoxy groups -OCH3 is 1. The number of allylic oxidation sites excluding steroid dienone is 6. The predicted octanol–water partition coefficient (Wildman–Crippen LogP) is 7.51. The third kappa shape index (κ3) is 5.30. The predicted molar refractivity (Wildman–Crippen MR) is 206 cm³/mol. The quantitative estimate of drug-likeness (QED) is 0.205. The Morgan fingerprint density at radius 3 is 1.45 bits per heavy atom. The second-order valence-corrected chi connectivity index (χ2v) is 12.5. The number of ether oxygens (including phenoxy) is 1. The summed E-state index contributed by atoms with van der Waals surface area (Å²) >= 11 is 0. The van der Waals surface area contributed by atoms with Gasteiger partial charge in [-0.3, -0.25) is 0 Å². The van der Waals surface area contributed by atoms with Gasteiger partial charge in [0.25, 0.3) is 0 Å². The van der Waals surface area contributed by atoms with Crippen LogP contribution >= 0.6 is 0 Å². The molecule has 0 spiro atoms. The maximum absolute atomic E-state index is 12.1. The molecule has 4 aliphatic rings. The Balaban J connectivity index is 1.44. The average molecular weight is 661 g/mol. The van der Waals surface area contributed by atoms with Gasteiger partial charge in [0.1, 0.15) is 5.70 Å². The molecule has 0 aliphatic carbocycles. The Labute approximate surface area is 295 Å². The topological polar surface area (TPSA) is 82.3 Å². The molecule has 51 heavy (non-hydrogen) atoms. The fourth-order valence-electron chi connectivity index (χ4n) is 7.19. The van der Waals surface area contributed by atoms with Crippen LogP contribution in [0.4, 0.5) is 0 Å². The molecule has 0 amide bonds. The molecule has 244 valence electrons. The van der Waals surface area contributed by atoms with E-state index in [-0.39, 0.29) is 5.76 Å². The van der Waals surface area contributed by atoms with Crippen molar-refractivity contribution in [3.05, 3.63) is 214 Å². The molecule has 0 saturated carbocycles. The Morgan fingerprint density at radius 1 is 0.490 bits per heavy atom. The monoisotopic (exact) mass is 660 g/mol. The van der Waals surface area contributed by atoms with Gasteiger partial charge < -0.3 is 14.8 Å². The Morgan fingerprint density at radius 2 is 0.922 bits per heavy atom. The van der Waals surface area contributed by atoms with Gasteiger partial charge in [-0.1, -0.05) is 121 Å². The first kappa shape index (κ1) is 30.4. The molecular formula is C45H32N4O2. The highest BCUT2D eigenvalue weighted by Crippen LogP contribution is 2.39. The number of nitrogens with zero attached hydrogens (tertiary/aromatic N) is 3. The van der Waals surface area contributed by atoms with Gasteiger partial charge in [0.15, 0.2) is 11.9 Å². The third-order valence-corrected chi connectivity index (χ3v) is 9.48. The molecule has 2 N–H and O–H groups in total. The van der Waals surface area contributed by atoms with Gasteiger partial charge in [0, 0.05) is 40.1 Å². The maximum atomic E-state index is 12.1. The number of benzene rings is 4. The number of hydrogen-bond donors (Lipinski definition) is 2. The molecule has 5 aromatic rings. The van der Waals surface area contributed by atoms with Crippen molar-refractivity contribution in [2.24, 2.45) is 15.0 Å². The fraction of sp³-hybridized carbons (Fsp3) is 0.0444. The first-order valence-corrected chi connectivity index (χ1v) is 16.9.